The van der Waals surface area contributed by atoms with E-state index in [1.54, 1.807) is 30.0 Å². The zero-order valence-corrected chi connectivity index (χ0v) is 15.8. The van der Waals surface area contributed by atoms with Gasteiger partial charge in [0, 0.05) is 17.3 Å². The number of fused-ring (bicyclic) bond motifs is 1. The number of halogens is 1. The van der Waals surface area contributed by atoms with Crippen LogP contribution in [0.5, 0.6) is 5.75 Å². The molecule has 0 bridgehead atoms. The lowest BCUT2D eigenvalue weighted by Crippen LogP contribution is -2.44. The molecular formula is C23H19FN2O3. The van der Waals surface area contributed by atoms with E-state index in [1.165, 1.54) is 24.3 Å². The third kappa shape index (κ3) is 3.96. The smallest absolute Gasteiger partial charge is 0.268 e. The lowest BCUT2D eigenvalue weighted by molar-refractivity contribution is -0.125. The van der Waals surface area contributed by atoms with E-state index in [2.05, 4.69) is 5.32 Å². The maximum absolute atomic E-state index is 13.4. The second-order valence-electron chi connectivity index (χ2n) is 6.82. The molecule has 5 nitrogen and oxygen atoms in total. The quantitative estimate of drug-likeness (QED) is 0.719. The minimum Gasteiger partial charge on any atom is -0.479 e. The monoisotopic (exact) mass is 390 g/mol. The van der Waals surface area contributed by atoms with Crippen LogP contribution in [0.1, 0.15) is 22.8 Å². The van der Waals surface area contributed by atoms with Crippen molar-refractivity contribution < 1.29 is 18.7 Å². The fourth-order valence-corrected chi connectivity index (χ4v) is 3.25. The van der Waals surface area contributed by atoms with Gasteiger partial charge in [-0.25, -0.2) is 4.39 Å². The van der Waals surface area contributed by atoms with Crippen molar-refractivity contribution in [1.82, 2.24) is 0 Å². The van der Waals surface area contributed by atoms with Crippen molar-refractivity contribution >= 4 is 23.2 Å². The molecule has 1 aliphatic rings. The van der Waals surface area contributed by atoms with Gasteiger partial charge >= 0.3 is 0 Å². The molecule has 146 valence electrons. The molecule has 1 atom stereocenters. The summed E-state index contributed by atoms with van der Waals surface area (Å²) in [5.41, 5.74) is 2.36. The molecule has 0 aromatic heterocycles. The number of anilines is 2. The maximum atomic E-state index is 13.4. The number of hydrogen-bond acceptors (Lipinski definition) is 3. The Bertz CT molecular complexity index is 1070. The van der Waals surface area contributed by atoms with Gasteiger partial charge in [-0.3, -0.25) is 9.59 Å². The summed E-state index contributed by atoms with van der Waals surface area (Å²) in [6, 6.07) is 20.3. The number of carbonyl (C=O) groups is 2. The van der Waals surface area contributed by atoms with Crippen LogP contribution < -0.4 is 15.0 Å². The summed E-state index contributed by atoms with van der Waals surface area (Å²) in [6.45, 7) is 2.12. The number of hydrogen-bond donors (Lipinski definition) is 1. The van der Waals surface area contributed by atoms with E-state index in [-0.39, 0.29) is 11.5 Å². The van der Waals surface area contributed by atoms with Gasteiger partial charge in [0.15, 0.2) is 6.10 Å². The molecule has 0 fully saturated rings. The molecular weight excluding hydrogens is 371 g/mol. The van der Waals surface area contributed by atoms with Crippen LogP contribution in [-0.4, -0.2) is 17.9 Å². The van der Waals surface area contributed by atoms with Gasteiger partial charge in [0.2, 0.25) is 0 Å². The number of nitrogens with one attached hydrogen (secondary N) is 1. The Kier molecular flexibility index (Phi) is 4.99. The third-order valence-corrected chi connectivity index (χ3v) is 4.70. The molecule has 1 N–H and O–H groups in total. The van der Waals surface area contributed by atoms with Crippen molar-refractivity contribution in [3.63, 3.8) is 0 Å². The first kappa shape index (κ1) is 18.7. The van der Waals surface area contributed by atoms with Gasteiger partial charge in [0.25, 0.3) is 11.8 Å². The van der Waals surface area contributed by atoms with Crippen LogP contribution in [0.25, 0.3) is 0 Å². The summed E-state index contributed by atoms with van der Waals surface area (Å²) in [5.74, 6) is -0.524. The van der Waals surface area contributed by atoms with Gasteiger partial charge in [0.05, 0.1) is 12.2 Å². The average Bonchev–Trinajstić information content (AvgIpc) is 2.72. The highest BCUT2D eigenvalue weighted by Gasteiger charge is 2.31. The van der Waals surface area contributed by atoms with Crippen LogP contribution in [-0.2, 0) is 11.3 Å². The topological polar surface area (TPSA) is 58.6 Å². The maximum Gasteiger partial charge on any atom is 0.268 e. The highest BCUT2D eigenvalue weighted by molar-refractivity contribution is 6.05. The number of nitrogens with zero attached hydrogens (tertiary/aromatic N) is 1. The zero-order valence-electron chi connectivity index (χ0n) is 15.8. The molecule has 0 saturated carbocycles. The van der Waals surface area contributed by atoms with Gasteiger partial charge in [-0.1, -0.05) is 36.4 Å². The van der Waals surface area contributed by atoms with Gasteiger partial charge in [0.1, 0.15) is 11.6 Å². The van der Waals surface area contributed by atoms with Gasteiger partial charge < -0.3 is 15.0 Å². The van der Waals surface area contributed by atoms with Crippen LogP contribution >= 0.6 is 0 Å². The van der Waals surface area contributed by atoms with Crippen molar-refractivity contribution in [3.8, 4) is 5.75 Å². The summed E-state index contributed by atoms with van der Waals surface area (Å²) < 4.78 is 19.1. The standard InChI is InChI=1S/C23H19FN2O3/c1-15-23(28)26(14-16-6-3-2-4-7-16)20-11-10-19(13-21(20)29-15)25-22(27)17-8-5-9-18(24)12-17/h2-13,15H,14H2,1H3,(H,25,27). The molecule has 29 heavy (non-hydrogen) atoms. The molecule has 3 aromatic rings. The largest absolute Gasteiger partial charge is 0.479 e. The molecule has 1 unspecified atom stereocenters. The fourth-order valence-electron chi connectivity index (χ4n) is 3.25. The van der Waals surface area contributed by atoms with Gasteiger partial charge in [-0.15, -0.1) is 0 Å². The van der Waals surface area contributed by atoms with Crippen molar-refractivity contribution in [3.05, 3.63) is 89.7 Å². The summed E-state index contributed by atoms with van der Waals surface area (Å²) in [4.78, 5) is 26.7. The predicted molar refractivity (Wildman–Crippen MR) is 109 cm³/mol. The summed E-state index contributed by atoms with van der Waals surface area (Å²) in [7, 11) is 0. The summed E-state index contributed by atoms with van der Waals surface area (Å²) in [6.07, 6.45) is -0.639. The van der Waals surface area contributed by atoms with E-state index in [9.17, 15) is 14.0 Å². The number of benzene rings is 3. The Morgan fingerprint density at radius 3 is 2.62 bits per heavy atom. The first-order valence-electron chi connectivity index (χ1n) is 9.24. The summed E-state index contributed by atoms with van der Waals surface area (Å²) >= 11 is 0. The minimum atomic E-state index is -0.639. The molecule has 6 heteroatoms. The van der Waals surface area contributed by atoms with Gasteiger partial charge in [-0.2, -0.15) is 0 Å². The Morgan fingerprint density at radius 2 is 1.86 bits per heavy atom. The van der Waals surface area contributed by atoms with Crippen LogP contribution in [0.2, 0.25) is 0 Å². The zero-order chi connectivity index (χ0) is 20.4. The fraction of sp³-hybridized carbons (Fsp3) is 0.130. The SMILES string of the molecule is CC1Oc2cc(NC(=O)c3cccc(F)c3)ccc2N(Cc2ccccc2)C1=O. The van der Waals surface area contributed by atoms with E-state index in [0.717, 1.165) is 5.56 Å². The highest BCUT2D eigenvalue weighted by atomic mass is 19.1. The summed E-state index contributed by atoms with van der Waals surface area (Å²) in [5, 5.41) is 2.74. The normalized spacial score (nSPS) is 15.4. The lowest BCUT2D eigenvalue weighted by atomic mass is 10.1. The van der Waals surface area contributed by atoms with Crippen molar-refractivity contribution in [2.45, 2.75) is 19.6 Å². The van der Waals surface area contributed by atoms with E-state index in [4.69, 9.17) is 4.74 Å². The van der Waals surface area contributed by atoms with E-state index in [0.29, 0.717) is 23.7 Å². The molecule has 0 saturated heterocycles. The Morgan fingerprint density at radius 1 is 1.07 bits per heavy atom. The van der Waals surface area contributed by atoms with E-state index < -0.39 is 17.8 Å². The van der Waals surface area contributed by atoms with Crippen molar-refractivity contribution in [1.29, 1.82) is 0 Å². The number of amides is 2. The highest BCUT2D eigenvalue weighted by Crippen LogP contribution is 2.37. The van der Waals surface area contributed by atoms with Gasteiger partial charge in [-0.05, 0) is 42.8 Å². The molecule has 1 heterocycles. The van der Waals surface area contributed by atoms with E-state index >= 15 is 0 Å². The Hall–Kier alpha value is -3.67. The lowest BCUT2D eigenvalue weighted by Gasteiger charge is -2.33. The molecule has 4 rings (SSSR count). The van der Waals surface area contributed by atoms with Crippen LogP contribution in [0.4, 0.5) is 15.8 Å². The van der Waals surface area contributed by atoms with E-state index in [1.807, 2.05) is 30.3 Å². The second-order valence-corrected chi connectivity index (χ2v) is 6.82. The van der Waals surface area contributed by atoms with Crippen LogP contribution in [0.15, 0.2) is 72.8 Å². The number of ether oxygens (including phenoxy) is 1. The molecule has 0 spiro atoms. The minimum absolute atomic E-state index is 0.127. The van der Waals surface area contributed by atoms with Crippen molar-refractivity contribution in [2.24, 2.45) is 0 Å². The third-order valence-electron chi connectivity index (χ3n) is 4.70. The first-order valence-corrected chi connectivity index (χ1v) is 9.24. The molecule has 0 aliphatic carbocycles. The molecule has 0 radical (unpaired) electrons. The molecule has 1 aliphatic heterocycles. The predicted octanol–water partition coefficient (Wildman–Crippen LogP) is 4.39. The van der Waals surface area contributed by atoms with Crippen LogP contribution in [0, 0.1) is 5.82 Å². The number of carbonyl (C=O) groups excluding carboxylic acids is 2. The average molecular weight is 390 g/mol. The number of rotatable bonds is 4. The second kappa shape index (κ2) is 7.75. The molecule has 3 aromatic carbocycles. The van der Waals surface area contributed by atoms with Crippen LogP contribution in [0.3, 0.4) is 0 Å². The Labute approximate surface area is 167 Å². The Balaban J connectivity index is 1.59. The van der Waals surface area contributed by atoms with Crippen molar-refractivity contribution in [2.75, 3.05) is 10.2 Å². The molecule has 2 amide bonds. The first-order chi connectivity index (χ1) is 14.0.